The summed E-state index contributed by atoms with van der Waals surface area (Å²) in [7, 11) is 0. The molecule has 2 aliphatic heterocycles. The molecule has 2 aliphatic rings. The molecule has 11 heteroatoms. The van der Waals surface area contributed by atoms with E-state index in [1.54, 1.807) is 6.08 Å². The van der Waals surface area contributed by atoms with Crippen LogP contribution in [0.2, 0.25) is 0 Å². The first-order chi connectivity index (χ1) is 14.3. The second kappa shape index (κ2) is 9.78. The van der Waals surface area contributed by atoms with Crippen LogP contribution in [0.3, 0.4) is 0 Å². The molecular weight excluding hydrogens is 417 g/mol. The Morgan fingerprint density at radius 2 is 1.83 bits per heavy atom. The van der Waals surface area contributed by atoms with Crippen LogP contribution in [0.1, 0.15) is 24.3 Å². The summed E-state index contributed by atoms with van der Waals surface area (Å²) in [5, 5.41) is 9.60. The van der Waals surface area contributed by atoms with Gasteiger partial charge in [-0.2, -0.15) is 13.2 Å². The number of nitrogens with one attached hydrogen (secondary N) is 1. The molecule has 0 bridgehead atoms. The average molecular weight is 445 g/mol. The van der Waals surface area contributed by atoms with Gasteiger partial charge in [0.1, 0.15) is 0 Å². The van der Waals surface area contributed by atoms with E-state index < -0.39 is 11.2 Å². The number of likely N-dealkylation sites (tertiary alicyclic amines) is 1. The Hall–Kier alpha value is -2.14. The topological polar surface area (TPSA) is 64.6 Å². The number of hydrogen-bond donors (Lipinski definition) is 1. The van der Waals surface area contributed by atoms with E-state index in [4.69, 9.17) is 0 Å². The molecule has 166 valence electrons. The summed E-state index contributed by atoms with van der Waals surface area (Å²) >= 11 is 0.573. The van der Waals surface area contributed by atoms with Crippen LogP contribution in [0.25, 0.3) is 0 Å². The van der Waals surface area contributed by atoms with Gasteiger partial charge in [0.25, 0.3) is 0 Å². The molecule has 0 atom stereocenters. The van der Waals surface area contributed by atoms with Crippen molar-refractivity contribution in [3.63, 3.8) is 0 Å². The normalized spacial score (nSPS) is 19.0. The predicted octanol–water partition coefficient (Wildman–Crippen LogP) is 2.35. The van der Waals surface area contributed by atoms with Gasteiger partial charge in [0, 0.05) is 64.0 Å². The fourth-order valence-corrected chi connectivity index (χ4v) is 4.39. The highest BCUT2D eigenvalue weighted by molar-refractivity contribution is 7.15. The molecule has 30 heavy (non-hydrogen) atoms. The van der Waals surface area contributed by atoms with Crippen molar-refractivity contribution in [3.8, 4) is 0 Å². The molecule has 1 amide bonds. The molecule has 2 saturated heterocycles. The van der Waals surface area contributed by atoms with Crippen molar-refractivity contribution < 1.29 is 18.0 Å². The first-order valence-electron chi connectivity index (χ1n) is 10.00. The molecule has 0 saturated carbocycles. The van der Waals surface area contributed by atoms with Crippen LogP contribution in [-0.4, -0.2) is 77.8 Å². The van der Waals surface area contributed by atoms with E-state index in [0.29, 0.717) is 61.7 Å². The number of piperidine rings is 1. The molecule has 0 unspecified atom stereocenters. The molecule has 1 N–H and O–H groups in total. The smallest absolute Gasteiger partial charge is 0.383 e. The van der Waals surface area contributed by atoms with E-state index in [-0.39, 0.29) is 5.91 Å². The lowest BCUT2D eigenvalue weighted by Crippen LogP contribution is -2.48. The maximum absolute atomic E-state index is 12.7. The fraction of sp³-hybridized carbons (Fsp3) is 0.632. The van der Waals surface area contributed by atoms with E-state index in [1.165, 1.54) is 0 Å². The van der Waals surface area contributed by atoms with Gasteiger partial charge in [-0.25, -0.2) is 0 Å². The Morgan fingerprint density at radius 3 is 2.40 bits per heavy atom. The zero-order valence-corrected chi connectivity index (χ0v) is 17.6. The number of amides is 1. The van der Waals surface area contributed by atoms with Crippen molar-refractivity contribution in [2.75, 3.05) is 50.7 Å². The third-order valence-corrected chi connectivity index (χ3v) is 6.45. The summed E-state index contributed by atoms with van der Waals surface area (Å²) in [4.78, 5) is 18.4. The Morgan fingerprint density at radius 1 is 1.17 bits per heavy atom. The van der Waals surface area contributed by atoms with Gasteiger partial charge in [-0.3, -0.25) is 9.69 Å². The van der Waals surface area contributed by atoms with Crippen LogP contribution < -0.4 is 10.2 Å². The Bertz CT molecular complexity index is 752. The van der Waals surface area contributed by atoms with Crippen LogP contribution in [0, 0.1) is 0 Å². The maximum atomic E-state index is 12.7. The number of anilines is 1. The minimum Gasteiger partial charge on any atom is -0.383 e. The highest BCUT2D eigenvalue weighted by Gasteiger charge is 2.36. The largest absolute Gasteiger partial charge is 0.445 e. The van der Waals surface area contributed by atoms with Crippen molar-refractivity contribution in [2.45, 2.75) is 31.5 Å². The van der Waals surface area contributed by atoms with Gasteiger partial charge in [-0.05, 0) is 18.9 Å². The van der Waals surface area contributed by atoms with E-state index in [9.17, 15) is 18.0 Å². The third kappa shape index (κ3) is 5.94. The van der Waals surface area contributed by atoms with Gasteiger partial charge >= 0.3 is 6.18 Å². The maximum Gasteiger partial charge on any atom is 0.445 e. The van der Waals surface area contributed by atoms with Crippen molar-refractivity contribution in [3.05, 3.63) is 29.9 Å². The van der Waals surface area contributed by atoms with E-state index >= 15 is 0 Å². The molecule has 0 radical (unpaired) electrons. The number of piperazine rings is 1. The molecule has 0 spiro atoms. The van der Waals surface area contributed by atoms with Gasteiger partial charge in [0.15, 0.2) is 0 Å². The summed E-state index contributed by atoms with van der Waals surface area (Å²) < 4.78 is 38.1. The average Bonchev–Trinajstić information content (AvgIpc) is 3.24. The Balaban J connectivity index is 1.37. The first-order valence-corrected chi connectivity index (χ1v) is 10.8. The number of halogens is 3. The first kappa shape index (κ1) is 22.5. The monoisotopic (exact) mass is 444 g/mol. The molecule has 1 aromatic rings. The van der Waals surface area contributed by atoms with Crippen molar-refractivity contribution in [1.82, 2.24) is 25.3 Å². The van der Waals surface area contributed by atoms with Crippen LogP contribution in [0.15, 0.2) is 24.9 Å². The molecule has 7 nitrogen and oxygen atoms in total. The minimum atomic E-state index is -4.46. The molecule has 3 rings (SSSR count). The Kier molecular flexibility index (Phi) is 7.35. The van der Waals surface area contributed by atoms with Gasteiger partial charge in [-0.1, -0.05) is 24.5 Å². The number of carbonyl (C=O) groups is 1. The zero-order valence-electron chi connectivity index (χ0n) is 16.8. The standard InChI is InChI=1S/C19H27F3N6OS/c1-3-14(2)23-15-4-8-27(9-5-15)16(29)6-7-26-10-12-28(13-11-26)18-25-24-17(30-18)19(20,21)22/h3,15,23H,1-2,4-13H2. The highest BCUT2D eigenvalue weighted by atomic mass is 32.1. The number of nitrogens with zero attached hydrogens (tertiary/aromatic N) is 5. The molecule has 0 aliphatic carbocycles. The van der Waals surface area contributed by atoms with E-state index in [0.717, 1.165) is 31.6 Å². The van der Waals surface area contributed by atoms with Crippen molar-refractivity contribution >= 4 is 22.4 Å². The lowest BCUT2D eigenvalue weighted by molar-refractivity contribution is -0.138. The van der Waals surface area contributed by atoms with Crippen LogP contribution in [-0.2, 0) is 11.0 Å². The Labute approximate surface area is 178 Å². The number of hydrogen-bond acceptors (Lipinski definition) is 7. The summed E-state index contributed by atoms with van der Waals surface area (Å²) in [6, 6.07) is 0.325. The van der Waals surface area contributed by atoms with Gasteiger partial charge in [0.2, 0.25) is 16.0 Å². The number of alkyl halides is 3. The highest BCUT2D eigenvalue weighted by Crippen LogP contribution is 2.34. The van der Waals surface area contributed by atoms with Gasteiger partial charge < -0.3 is 15.1 Å². The second-order valence-electron chi connectivity index (χ2n) is 7.49. The summed E-state index contributed by atoms with van der Waals surface area (Å²) in [6.45, 7) is 12.2. The lowest BCUT2D eigenvalue weighted by Gasteiger charge is -2.35. The number of carbonyl (C=O) groups excluding carboxylic acids is 1. The van der Waals surface area contributed by atoms with Crippen LogP contribution in [0.5, 0.6) is 0 Å². The minimum absolute atomic E-state index is 0.150. The quantitative estimate of drug-likeness (QED) is 0.652. The van der Waals surface area contributed by atoms with E-state index in [1.807, 2.05) is 9.80 Å². The molecule has 0 aromatic carbocycles. The van der Waals surface area contributed by atoms with E-state index in [2.05, 4.69) is 33.6 Å². The number of aromatic nitrogens is 2. The second-order valence-corrected chi connectivity index (χ2v) is 8.45. The zero-order chi connectivity index (χ0) is 21.7. The number of rotatable bonds is 7. The predicted molar refractivity (Wildman–Crippen MR) is 110 cm³/mol. The van der Waals surface area contributed by atoms with Crippen molar-refractivity contribution in [2.24, 2.45) is 0 Å². The SMILES string of the molecule is C=CC(=C)NC1CCN(C(=O)CCN2CCN(c3nnc(C(F)(F)F)s3)CC2)CC1. The third-order valence-electron chi connectivity index (χ3n) is 5.43. The van der Waals surface area contributed by atoms with Gasteiger partial charge in [0.05, 0.1) is 0 Å². The molecule has 1 aromatic heterocycles. The summed E-state index contributed by atoms with van der Waals surface area (Å²) in [5.41, 5.74) is 0.807. The van der Waals surface area contributed by atoms with Crippen molar-refractivity contribution in [1.29, 1.82) is 0 Å². The van der Waals surface area contributed by atoms with Gasteiger partial charge in [-0.15, -0.1) is 10.2 Å². The molecular formula is C19H27F3N6OS. The molecule has 2 fully saturated rings. The summed E-state index contributed by atoms with van der Waals surface area (Å²) in [5.74, 6) is 0.150. The molecule has 3 heterocycles. The number of allylic oxidation sites excluding steroid dienone is 1. The lowest BCUT2D eigenvalue weighted by atomic mass is 10.0. The fourth-order valence-electron chi connectivity index (χ4n) is 3.63. The summed E-state index contributed by atoms with van der Waals surface area (Å²) in [6.07, 6.45) is -0.535. The van der Waals surface area contributed by atoms with Crippen LogP contribution in [0.4, 0.5) is 18.3 Å². The van der Waals surface area contributed by atoms with Crippen LogP contribution >= 0.6 is 11.3 Å².